The SMILES string of the molecule is CCOC(=O)[C@H]1B(OC#N)C[C@@H]2C(=O)CC[C@@H]21.CCOC(=O)[C@H]1B(OC#N)C[C@@H]2C(O)CC[C@H]12.CCOC(=O)[C@H]1B(OC#N)C[C@@H]2C=CC[C@H]12.CCOC(=O)[C@H]1CC[C@@H]2C(=O)CC[C@@H]21.CCOC(=O)[C@H]1NC[C@@H]2C=CC[C@H]12.Cl.O=BC#CO.[B].[H-].[Na+]. The fourth-order valence-electron chi connectivity index (χ4n) is 14.4. The van der Waals surface area contributed by atoms with Gasteiger partial charge in [-0.25, -0.2) is 0 Å². The maximum atomic E-state index is 11.9. The Bertz CT molecular complexity index is 2520. The van der Waals surface area contributed by atoms with E-state index in [4.69, 9.17) is 63.2 Å². The predicted octanol–water partition coefficient (Wildman–Crippen LogP) is 2.20. The van der Waals surface area contributed by atoms with E-state index >= 15 is 0 Å². The second kappa shape index (κ2) is 38.8. The van der Waals surface area contributed by atoms with Crippen LogP contribution in [0.2, 0.25) is 36.4 Å². The van der Waals surface area contributed by atoms with Crippen LogP contribution < -0.4 is 34.9 Å². The molecule has 3 radical (unpaired) electrons. The Kier molecular flexibility index (Phi) is 34.6. The van der Waals surface area contributed by atoms with Crippen molar-refractivity contribution in [1.82, 2.24) is 5.32 Å². The molecule has 3 N–H and O–H groups in total. The molecule has 10 rings (SSSR count). The van der Waals surface area contributed by atoms with Gasteiger partial charge in [0.2, 0.25) is 0 Å². The van der Waals surface area contributed by atoms with E-state index in [1.54, 1.807) is 45.4 Å². The van der Waals surface area contributed by atoms with Gasteiger partial charge in [0.1, 0.15) is 17.6 Å². The van der Waals surface area contributed by atoms with Gasteiger partial charge in [-0.15, -0.1) is 12.4 Å². The summed E-state index contributed by atoms with van der Waals surface area (Å²) in [5, 5.41) is 46.3. The van der Waals surface area contributed by atoms with Gasteiger partial charge in [0.25, 0.3) is 18.8 Å². The number of Topliss-reactive ketones (excluding diaryl/α,β-unsaturated/α-hetero) is 2. The van der Waals surface area contributed by atoms with Crippen LogP contribution in [0.15, 0.2) is 24.3 Å². The van der Waals surface area contributed by atoms with Gasteiger partial charge in [-0.3, -0.25) is 33.6 Å². The molecule has 4 heterocycles. The van der Waals surface area contributed by atoms with Gasteiger partial charge in [-0.2, -0.15) is 15.8 Å². The molecule has 4 saturated heterocycles. The predicted molar refractivity (Wildman–Crippen MR) is 307 cm³/mol. The minimum atomic E-state index is -0.488. The molecule has 8 fully saturated rings. The number of aliphatic hydroxyl groups is 2. The summed E-state index contributed by atoms with van der Waals surface area (Å²) >= 11 is 0. The summed E-state index contributed by atoms with van der Waals surface area (Å²) in [4.78, 5) is 81.7. The Morgan fingerprint density at radius 2 is 1.07 bits per heavy atom. The first kappa shape index (κ1) is 75.8. The van der Waals surface area contributed by atoms with Crippen molar-refractivity contribution in [3.05, 3.63) is 24.3 Å². The number of ketones is 2. The third-order valence-corrected chi connectivity index (χ3v) is 17.8. The molecule has 29 heteroatoms. The molecule has 4 aliphatic heterocycles. The zero-order chi connectivity index (χ0) is 59.9. The second-order valence-electron chi connectivity index (χ2n) is 21.7. The molecule has 0 bridgehead atoms. The van der Waals surface area contributed by atoms with Crippen molar-refractivity contribution in [1.29, 1.82) is 15.8 Å². The molecular formula is C56H78B5ClN4NaO18. The molecule has 0 aromatic heterocycles. The number of hydrogen-bond acceptors (Lipinski definition) is 22. The zero-order valence-corrected chi connectivity index (χ0v) is 52.4. The number of carbonyl (C=O) groups is 7. The molecule has 0 amide bonds. The first-order valence-corrected chi connectivity index (χ1v) is 29.0. The van der Waals surface area contributed by atoms with Crippen LogP contribution in [0.1, 0.15) is 100 Å². The number of nitrogens with one attached hydrogen (secondary N) is 1. The number of allylic oxidation sites excluding steroid dienone is 3. The third-order valence-electron chi connectivity index (χ3n) is 17.8. The molecule has 22 nitrogen and oxygen atoms in total. The third kappa shape index (κ3) is 19.6. The number of fused-ring (bicyclic) bond motifs is 5. The Morgan fingerprint density at radius 3 is 1.60 bits per heavy atom. The van der Waals surface area contributed by atoms with E-state index in [1.165, 1.54) is 6.11 Å². The van der Waals surface area contributed by atoms with Crippen LogP contribution >= 0.6 is 12.4 Å². The summed E-state index contributed by atoms with van der Waals surface area (Å²) in [6.45, 7) is 10.6. The monoisotopic (exact) mass is 1210 g/mol. The Labute approximate surface area is 532 Å². The summed E-state index contributed by atoms with van der Waals surface area (Å²) in [7, 11) is 0.319. The van der Waals surface area contributed by atoms with E-state index in [1.807, 2.05) is 13.8 Å². The normalized spacial score (nSPS) is 30.7. The van der Waals surface area contributed by atoms with Gasteiger partial charge in [0.05, 0.1) is 62.5 Å². The number of nitriles is 3. The van der Waals surface area contributed by atoms with Crippen LogP contribution in [0.5, 0.6) is 0 Å². The van der Waals surface area contributed by atoms with Crippen LogP contribution in [0.25, 0.3) is 0 Å². The first-order chi connectivity index (χ1) is 39.6. The quantitative estimate of drug-likeness (QED) is 0.0594. The number of nitrogens with zero attached hydrogens (tertiary/aromatic N) is 3. The maximum absolute atomic E-state index is 11.9. The Balaban J connectivity index is 0.000000522. The van der Waals surface area contributed by atoms with Gasteiger partial charge < -0.3 is 49.5 Å². The number of rotatable bonds is 13. The van der Waals surface area contributed by atoms with Crippen molar-refractivity contribution in [2.45, 2.75) is 147 Å². The molecule has 6 aliphatic carbocycles. The maximum Gasteiger partial charge on any atom is 1.00 e. The van der Waals surface area contributed by atoms with E-state index < -0.39 is 25.5 Å². The Hall–Kier alpha value is -5.27. The van der Waals surface area contributed by atoms with Gasteiger partial charge in [0, 0.05) is 39.6 Å². The molecular weight excluding hydrogens is 1130 g/mol. The molecule has 85 heavy (non-hydrogen) atoms. The van der Waals surface area contributed by atoms with Crippen molar-refractivity contribution in [3.63, 3.8) is 0 Å². The van der Waals surface area contributed by atoms with Crippen molar-refractivity contribution in [2.75, 3.05) is 39.6 Å². The zero-order valence-electron chi connectivity index (χ0n) is 50.5. The van der Waals surface area contributed by atoms with E-state index in [0.717, 1.165) is 57.8 Å². The van der Waals surface area contributed by atoms with Gasteiger partial charge >= 0.3 is 109 Å². The average Bonchev–Trinajstić information content (AvgIpc) is 3.77. The van der Waals surface area contributed by atoms with Crippen molar-refractivity contribution < 1.29 is 117 Å². The average molecular weight is 1210 g/mol. The van der Waals surface area contributed by atoms with Crippen molar-refractivity contribution in [3.8, 4) is 30.7 Å². The Morgan fingerprint density at radius 1 is 0.600 bits per heavy atom. The topological polar surface area (TPSA) is 334 Å². The number of esters is 5. The van der Waals surface area contributed by atoms with E-state index in [-0.39, 0.29) is 154 Å². The number of halogens is 1. The summed E-state index contributed by atoms with van der Waals surface area (Å²) < 4.78 is 49.1. The van der Waals surface area contributed by atoms with Crippen molar-refractivity contribution in [2.24, 2.45) is 65.1 Å². The number of ether oxygens (including phenoxy) is 5. The molecule has 1 unspecified atom stereocenters. The van der Waals surface area contributed by atoms with E-state index in [0.29, 0.717) is 102 Å². The van der Waals surface area contributed by atoms with Crippen LogP contribution in [-0.2, 0) is 75.9 Å². The fourth-order valence-corrected chi connectivity index (χ4v) is 14.4. The molecule has 0 aromatic rings. The largest absolute Gasteiger partial charge is 1.00 e. The minimum Gasteiger partial charge on any atom is -1.00 e. The van der Waals surface area contributed by atoms with Crippen LogP contribution in [0, 0.1) is 112 Å². The summed E-state index contributed by atoms with van der Waals surface area (Å²) in [5.41, 5.74) is 0. The number of aliphatic hydroxyl groups excluding tert-OH is 2. The van der Waals surface area contributed by atoms with Gasteiger partial charge in [-0.1, -0.05) is 24.3 Å². The molecule has 0 spiro atoms. The van der Waals surface area contributed by atoms with Crippen LogP contribution in [0.4, 0.5) is 0 Å². The van der Waals surface area contributed by atoms with Gasteiger partial charge in [-0.05, 0) is 152 Å². The van der Waals surface area contributed by atoms with Gasteiger partial charge in [0.15, 0.2) is 0 Å². The molecule has 16 atom stereocenters. The summed E-state index contributed by atoms with van der Waals surface area (Å²) in [6, 6.07) is -0.0695. The summed E-state index contributed by atoms with van der Waals surface area (Å²) in [5.74, 6) is 2.28. The van der Waals surface area contributed by atoms with E-state index in [9.17, 15) is 38.7 Å². The van der Waals surface area contributed by atoms with Crippen LogP contribution in [-0.4, -0.2) is 140 Å². The fraction of sp³-hybridized carbons (Fsp3) is 0.714. The van der Waals surface area contributed by atoms with Crippen LogP contribution in [0.3, 0.4) is 0 Å². The number of hydrogen-bond donors (Lipinski definition) is 3. The molecule has 0 aromatic carbocycles. The summed E-state index contributed by atoms with van der Waals surface area (Å²) in [6.07, 6.45) is 24.4. The standard InChI is InChI=1S/C11H16BNO4.C11H14BNO4.C11H14BNO3.C11H16O3.C10H15NO2.C2HBO2.B.ClH.Na.H/c2*1-2-16-11(15)10-7-3-4-9(14)8(7)5-12(10)17-6-13;1-2-15-11(14)10-9-5-3-4-8(9)6-12(10)16-7-13;1-2-14-11(13)9-4-3-8-7(9)5-6-10(8)12;1-2-13-10(12)9-8-5-3-4-7(8)6-11-9;4-2-1-3-5;;;;/h7-10,14H,2-5H2,1H3;7-8,10H,2-5H2,1H3;3-4,8-10H,2,5-6H2,1H3;7-9H,2-6H2,1H3;3-4,7-9,11H,2,5-6H2,1H3;4H;;1H;;/q;;;;;;;;+1;-1/t7-,8-,9?,10-;7-,8-,10-;8-,9-,10-;2*7-,8-,9-;;;;;/m00000...../s1. The molecule has 453 valence electrons. The second-order valence-corrected chi connectivity index (χ2v) is 21.7. The first-order valence-electron chi connectivity index (χ1n) is 29.0. The molecule has 10 aliphatic rings. The number of carbonyl (C=O) groups excluding carboxylic acids is 7. The van der Waals surface area contributed by atoms with Crippen molar-refractivity contribution >= 4 is 90.1 Å². The van der Waals surface area contributed by atoms with E-state index in [2.05, 4.69) is 29.6 Å². The minimum absolute atomic E-state index is 0. The molecule has 4 saturated carbocycles. The smallest absolute Gasteiger partial charge is 1.00 e.